The van der Waals surface area contributed by atoms with Crippen molar-refractivity contribution in [3.8, 4) is 17.2 Å². The Bertz CT molecular complexity index is 1500. The van der Waals surface area contributed by atoms with Crippen LogP contribution in [0, 0.1) is 0 Å². The highest BCUT2D eigenvalue weighted by Crippen LogP contribution is 2.52. The van der Waals surface area contributed by atoms with Gasteiger partial charge in [-0.25, -0.2) is 0 Å². The number of benzene rings is 2. The predicted octanol–water partition coefficient (Wildman–Crippen LogP) is 1.40. The number of aromatic hydroxyl groups is 2. The van der Waals surface area contributed by atoms with Crippen molar-refractivity contribution in [2.45, 2.75) is 69.4 Å². The molecule has 0 saturated carbocycles. The number of ketones is 3. The minimum absolute atomic E-state index is 0.00533. The molecule has 43 heavy (non-hydrogen) atoms. The number of carbonyl (C=O) groups excluding carboxylic acids is 3. The van der Waals surface area contributed by atoms with Crippen LogP contribution in [0.1, 0.15) is 75.8 Å². The van der Waals surface area contributed by atoms with E-state index >= 15 is 0 Å². The van der Waals surface area contributed by atoms with Gasteiger partial charge in [0.2, 0.25) is 5.78 Å². The van der Waals surface area contributed by atoms with Gasteiger partial charge in [-0.2, -0.15) is 0 Å². The lowest BCUT2D eigenvalue weighted by molar-refractivity contribution is -0.260. The van der Waals surface area contributed by atoms with Crippen LogP contribution in [0.2, 0.25) is 0 Å². The van der Waals surface area contributed by atoms with E-state index in [9.17, 15) is 34.8 Å². The minimum atomic E-state index is -2.00. The number of hydrogen-bond donors (Lipinski definition) is 4. The Morgan fingerprint density at radius 2 is 1.77 bits per heavy atom. The van der Waals surface area contributed by atoms with E-state index in [2.05, 4.69) is 4.90 Å². The van der Waals surface area contributed by atoms with Crippen LogP contribution in [0.25, 0.3) is 0 Å². The van der Waals surface area contributed by atoms with Crippen LogP contribution in [0.5, 0.6) is 17.2 Å². The van der Waals surface area contributed by atoms with Gasteiger partial charge in [0.1, 0.15) is 22.8 Å². The summed E-state index contributed by atoms with van der Waals surface area (Å²) < 4.78 is 23.1. The van der Waals surface area contributed by atoms with Crippen LogP contribution < -0.4 is 4.74 Å². The number of Topliss-reactive ketones (excluding diaryl/α,β-unsaturated/α-hetero) is 1. The molecule has 12 heteroatoms. The first-order chi connectivity index (χ1) is 20.5. The number of ether oxygens (including phenoxy) is 4. The summed E-state index contributed by atoms with van der Waals surface area (Å²) in [4.78, 5) is 42.2. The second kappa shape index (κ2) is 11.0. The van der Waals surface area contributed by atoms with E-state index in [0.717, 1.165) is 0 Å². The van der Waals surface area contributed by atoms with Gasteiger partial charge in [-0.15, -0.1) is 0 Å². The minimum Gasteiger partial charge on any atom is -0.507 e. The van der Waals surface area contributed by atoms with Gasteiger partial charge in [-0.3, -0.25) is 19.3 Å². The summed E-state index contributed by atoms with van der Waals surface area (Å²) in [5, 5.41) is 45.5. The molecule has 2 aromatic rings. The number of phenols is 2. The Balaban J connectivity index is 1.44. The molecule has 4 aliphatic rings. The highest BCUT2D eigenvalue weighted by atomic mass is 16.7. The standard InChI is InChI=1S/C31H35NO11/c1-14-26(34)18(32-7-9-41-10-8-32)11-21(42-14)43-20-13-31(39,15(2)33)12-17-23(20)30(38)25-24(28(17)36)27(35)16-5-4-6-19(40-3)22(16)29(25)37/h4-6,14,18,20-21,26,34,36,38-39H,7-13H2,1-3H3/t14?,18-,20?,21-,26-,31?/m0/s1. The lowest BCUT2D eigenvalue weighted by Gasteiger charge is -2.46. The van der Waals surface area contributed by atoms with Crippen LogP contribution >= 0.6 is 0 Å². The number of carbonyl (C=O) groups is 3. The summed E-state index contributed by atoms with van der Waals surface area (Å²) in [7, 11) is 1.35. The molecule has 2 aromatic carbocycles. The van der Waals surface area contributed by atoms with Crippen molar-refractivity contribution >= 4 is 17.3 Å². The molecule has 4 N–H and O–H groups in total. The lowest BCUT2D eigenvalue weighted by atomic mass is 9.72. The van der Waals surface area contributed by atoms with E-state index < -0.39 is 76.6 Å². The van der Waals surface area contributed by atoms with Crippen LogP contribution in [-0.4, -0.2) is 106 Å². The maximum atomic E-state index is 13.8. The zero-order chi connectivity index (χ0) is 30.8. The molecule has 0 bridgehead atoms. The fraction of sp³-hybridized carbons (Fsp3) is 0.516. The van der Waals surface area contributed by atoms with Crippen LogP contribution in [0.15, 0.2) is 18.2 Å². The van der Waals surface area contributed by atoms with Gasteiger partial charge in [-0.1, -0.05) is 12.1 Å². The zero-order valence-electron chi connectivity index (χ0n) is 24.2. The molecule has 2 aliphatic carbocycles. The highest BCUT2D eigenvalue weighted by Gasteiger charge is 2.50. The van der Waals surface area contributed by atoms with E-state index in [0.29, 0.717) is 26.3 Å². The molecular formula is C31H35NO11. The molecule has 0 radical (unpaired) electrons. The number of fused-ring (bicyclic) bond motifs is 3. The van der Waals surface area contributed by atoms with Crippen molar-refractivity contribution in [2.75, 3.05) is 33.4 Å². The summed E-state index contributed by atoms with van der Waals surface area (Å²) in [5.74, 6) is -3.08. The molecule has 0 spiro atoms. The number of nitrogens with zero attached hydrogens (tertiary/aromatic N) is 1. The van der Waals surface area contributed by atoms with Crippen molar-refractivity contribution in [2.24, 2.45) is 0 Å². The Labute approximate surface area is 247 Å². The maximum absolute atomic E-state index is 13.8. The molecule has 0 aromatic heterocycles. The van der Waals surface area contributed by atoms with Gasteiger partial charge < -0.3 is 39.4 Å². The molecule has 6 atom stereocenters. The molecule has 230 valence electrons. The van der Waals surface area contributed by atoms with Gasteiger partial charge in [0.05, 0.1) is 55.3 Å². The number of rotatable bonds is 5. The van der Waals surface area contributed by atoms with E-state index in [1.807, 2.05) is 0 Å². The van der Waals surface area contributed by atoms with Crippen molar-refractivity contribution in [3.05, 3.63) is 51.6 Å². The summed E-state index contributed by atoms with van der Waals surface area (Å²) in [6.07, 6.45) is -4.07. The number of morpholine rings is 1. The Morgan fingerprint density at radius 3 is 2.44 bits per heavy atom. The molecule has 0 amide bonds. The number of phenolic OH excluding ortho intramolecular Hbond substituents is 2. The quantitative estimate of drug-likeness (QED) is 0.312. The Hall–Kier alpha value is -3.39. The number of aliphatic hydroxyl groups is 2. The normalized spacial score (nSPS) is 30.8. The zero-order valence-corrected chi connectivity index (χ0v) is 24.2. The lowest BCUT2D eigenvalue weighted by Crippen LogP contribution is -2.58. The smallest absolute Gasteiger partial charge is 0.202 e. The van der Waals surface area contributed by atoms with Gasteiger partial charge >= 0.3 is 0 Å². The summed E-state index contributed by atoms with van der Waals surface area (Å²) in [6, 6.07) is 4.15. The Morgan fingerprint density at radius 1 is 1.07 bits per heavy atom. The van der Waals surface area contributed by atoms with Gasteiger partial charge in [0.25, 0.3) is 0 Å². The number of methoxy groups -OCH3 is 1. The maximum Gasteiger partial charge on any atom is 0.202 e. The first-order valence-electron chi connectivity index (χ1n) is 14.4. The molecule has 3 unspecified atom stereocenters. The number of hydrogen-bond acceptors (Lipinski definition) is 12. The molecule has 6 rings (SSSR count). The van der Waals surface area contributed by atoms with E-state index in [1.54, 1.807) is 6.92 Å². The van der Waals surface area contributed by atoms with Crippen LogP contribution in [0.3, 0.4) is 0 Å². The third kappa shape index (κ3) is 4.73. The first-order valence-corrected chi connectivity index (χ1v) is 14.4. The summed E-state index contributed by atoms with van der Waals surface area (Å²) in [5.41, 5.74) is -2.93. The van der Waals surface area contributed by atoms with Crippen molar-refractivity contribution < 1.29 is 53.8 Å². The van der Waals surface area contributed by atoms with E-state index in [-0.39, 0.29) is 46.9 Å². The Kier molecular flexibility index (Phi) is 7.56. The topological polar surface area (TPSA) is 172 Å². The van der Waals surface area contributed by atoms with Crippen LogP contribution in [0.4, 0.5) is 0 Å². The molecule has 2 aliphatic heterocycles. The average Bonchev–Trinajstić information content (AvgIpc) is 2.99. The SMILES string of the molecule is COc1cccc2c1C(=O)c1c(O)c3c(c(O)c1C2=O)CC(O)(C(C)=O)CC3O[C@H]1C[C@H](N2CCOCC2)[C@@H](O)C(C)O1. The molecular weight excluding hydrogens is 562 g/mol. The third-order valence-corrected chi connectivity index (χ3v) is 9.24. The van der Waals surface area contributed by atoms with E-state index in [1.165, 1.54) is 32.2 Å². The van der Waals surface area contributed by atoms with E-state index in [4.69, 9.17) is 18.9 Å². The molecule has 12 nitrogen and oxygen atoms in total. The van der Waals surface area contributed by atoms with Crippen molar-refractivity contribution in [3.63, 3.8) is 0 Å². The largest absolute Gasteiger partial charge is 0.507 e. The fourth-order valence-corrected chi connectivity index (χ4v) is 6.87. The molecule has 2 heterocycles. The fourth-order valence-electron chi connectivity index (χ4n) is 6.87. The third-order valence-electron chi connectivity index (χ3n) is 9.24. The monoisotopic (exact) mass is 597 g/mol. The van der Waals surface area contributed by atoms with Gasteiger partial charge in [-0.05, 0) is 19.9 Å². The van der Waals surface area contributed by atoms with Crippen molar-refractivity contribution in [1.82, 2.24) is 4.90 Å². The van der Waals surface area contributed by atoms with Crippen LogP contribution in [-0.2, 0) is 25.4 Å². The second-order valence-corrected chi connectivity index (χ2v) is 11.7. The second-order valence-electron chi connectivity index (χ2n) is 11.7. The number of aliphatic hydroxyl groups excluding tert-OH is 1. The molecule has 2 saturated heterocycles. The average molecular weight is 598 g/mol. The van der Waals surface area contributed by atoms with Gasteiger partial charge in [0.15, 0.2) is 17.9 Å². The first kappa shape index (κ1) is 29.7. The van der Waals surface area contributed by atoms with Crippen molar-refractivity contribution in [1.29, 1.82) is 0 Å². The summed E-state index contributed by atoms with van der Waals surface area (Å²) in [6.45, 7) is 5.18. The highest BCUT2D eigenvalue weighted by molar-refractivity contribution is 6.31. The predicted molar refractivity (Wildman–Crippen MR) is 149 cm³/mol. The summed E-state index contributed by atoms with van der Waals surface area (Å²) >= 11 is 0. The van der Waals surface area contributed by atoms with Gasteiger partial charge in [0, 0.05) is 55.1 Å². The molecule has 2 fully saturated rings.